The van der Waals surface area contributed by atoms with Gasteiger partial charge >= 0.3 is 246 Å². The topological polar surface area (TPSA) is 144 Å². The summed E-state index contributed by atoms with van der Waals surface area (Å²) in [5, 5.41) is 14.6. The van der Waals surface area contributed by atoms with Gasteiger partial charge in [0, 0.05) is 18.7 Å². The second-order valence-electron chi connectivity index (χ2n) is 13.4. The number of hydrogen-bond donors (Lipinski definition) is 2. The number of non-ortho nitro benzene ring substituents is 1. The van der Waals surface area contributed by atoms with Crippen molar-refractivity contribution >= 4 is 19.3 Å². The first-order valence-electron chi connectivity index (χ1n) is 18.3. The molecule has 0 amide bonds. The number of nitrogens with zero attached hydrogens (tertiary/aromatic N) is 5. The van der Waals surface area contributed by atoms with Gasteiger partial charge in [-0.1, -0.05) is 18.2 Å². The van der Waals surface area contributed by atoms with Crippen molar-refractivity contribution in [3.8, 4) is 0 Å². The number of aromatic nitrogens is 2. The maximum atomic E-state index is 15.2. The van der Waals surface area contributed by atoms with Crippen LogP contribution in [0.1, 0.15) is 47.8 Å². The van der Waals surface area contributed by atoms with Gasteiger partial charge in [-0.25, -0.2) is 0 Å². The Hall–Kier alpha value is -4.51. The van der Waals surface area contributed by atoms with E-state index in [9.17, 15) is 37.8 Å². The Morgan fingerprint density at radius 3 is 2.21 bits per heavy atom. The summed E-state index contributed by atoms with van der Waals surface area (Å²) in [7, 11) is -3.55. The van der Waals surface area contributed by atoms with Crippen LogP contribution in [0.25, 0.3) is 0 Å². The monoisotopic (exact) mass is 806 g/mol. The van der Waals surface area contributed by atoms with Crippen LogP contribution in [0.15, 0.2) is 82.4 Å². The number of rotatable bonds is 17. The Labute approximate surface area is 321 Å². The normalized spacial score (nSPS) is 14.9. The molecule has 18 heteroatoms. The van der Waals surface area contributed by atoms with E-state index >= 15 is 4.39 Å². The molecule has 2 heterocycles. The molecule has 0 aliphatic carbocycles. The van der Waals surface area contributed by atoms with Gasteiger partial charge in [-0.05, 0) is 5.56 Å². The third-order valence-electron chi connectivity index (χ3n) is 9.75. The van der Waals surface area contributed by atoms with Crippen LogP contribution in [-0.2, 0) is 34.9 Å². The van der Waals surface area contributed by atoms with Gasteiger partial charge in [0.05, 0.1) is 4.92 Å². The molecule has 2 N–H and O–H groups in total. The fraction of sp³-hybridized carbons (Fsp3) is 0.421. The number of nitro groups is 1. The fourth-order valence-electron chi connectivity index (χ4n) is 6.99. The number of halogens is 4. The molecule has 0 unspecified atom stereocenters. The van der Waals surface area contributed by atoms with Crippen LogP contribution in [0.5, 0.6) is 0 Å². The molecule has 1 atom stereocenters. The van der Waals surface area contributed by atoms with Crippen LogP contribution in [-0.4, -0.2) is 76.0 Å². The third-order valence-corrected chi connectivity index (χ3v) is 12.1. The number of piperazine rings is 1. The molecule has 1 fully saturated rings. The summed E-state index contributed by atoms with van der Waals surface area (Å²) < 4.78 is 70.8. The molecule has 0 radical (unpaired) electrons. The molecule has 5 rings (SSSR count). The van der Waals surface area contributed by atoms with Gasteiger partial charge in [-0.15, -0.1) is 0 Å². The summed E-state index contributed by atoms with van der Waals surface area (Å²) in [6.45, 7) is 6.34. The molecular formula is C38H47F4N6O7P. The minimum absolute atomic E-state index is 0.0345. The Kier molecular flexibility index (Phi) is 14.2. The van der Waals surface area contributed by atoms with Crippen molar-refractivity contribution in [1.29, 1.82) is 0 Å². The van der Waals surface area contributed by atoms with E-state index in [1.165, 1.54) is 19.1 Å². The molecule has 1 aromatic heterocycles. The van der Waals surface area contributed by atoms with E-state index in [1.807, 2.05) is 0 Å². The van der Waals surface area contributed by atoms with Gasteiger partial charge < -0.3 is 0 Å². The number of nitro benzene ring substituents is 1. The Bertz CT molecular complexity index is 2090. The first-order valence-corrected chi connectivity index (χ1v) is 20.3. The van der Waals surface area contributed by atoms with Gasteiger partial charge in [-0.3, -0.25) is 10.1 Å². The molecule has 1 aliphatic rings. The van der Waals surface area contributed by atoms with Gasteiger partial charge in [-0.2, -0.15) is 13.2 Å². The molecule has 56 heavy (non-hydrogen) atoms. The standard InChI is InChI=1S/C38H47F4N6O7P/c1-4-54-56(53,55-5-2)22-17-43-34(29-12-7-6-8-13-29)26-47-36(49)35(45-20-18-44(19-21-45)24-28-11-9-14-30(23-28)48(51)52)27(3)46(37(47)50)25-31-32(38(40,41)42)15-10-16-33(31)39/h6-16,23,34,43,53,56H,4-5,17-22,24-26H2,1-3H3/t34-/m0/s1. The van der Waals surface area contributed by atoms with E-state index in [-0.39, 0.29) is 62.6 Å². The van der Waals surface area contributed by atoms with Gasteiger partial charge in [0.25, 0.3) is 5.69 Å². The van der Waals surface area contributed by atoms with E-state index in [1.54, 1.807) is 61.2 Å². The second kappa shape index (κ2) is 18.6. The first-order chi connectivity index (χ1) is 26.7. The van der Waals surface area contributed by atoms with E-state index < -0.39 is 59.8 Å². The van der Waals surface area contributed by atoms with Gasteiger partial charge in [0.1, 0.15) is 0 Å². The van der Waals surface area contributed by atoms with Crippen molar-refractivity contribution in [2.24, 2.45) is 0 Å². The molecule has 304 valence electrons. The van der Waals surface area contributed by atoms with Crippen molar-refractivity contribution in [1.82, 2.24) is 19.4 Å². The summed E-state index contributed by atoms with van der Waals surface area (Å²) in [6, 6.07) is 17.1. The van der Waals surface area contributed by atoms with Gasteiger partial charge in [0.2, 0.25) is 0 Å². The zero-order valence-electron chi connectivity index (χ0n) is 31.4. The molecule has 0 spiro atoms. The number of hydrogen-bond acceptors (Lipinski definition) is 10. The van der Waals surface area contributed by atoms with Crippen molar-refractivity contribution in [2.45, 2.75) is 52.6 Å². The average Bonchev–Trinajstić information content (AvgIpc) is 3.16. The first kappa shape index (κ1) is 42.6. The molecule has 13 nitrogen and oxygen atoms in total. The van der Waals surface area contributed by atoms with Crippen LogP contribution >= 0.6 is 7.94 Å². The zero-order valence-corrected chi connectivity index (χ0v) is 32.4. The summed E-state index contributed by atoms with van der Waals surface area (Å²) in [6.07, 6.45) is -4.80. The van der Waals surface area contributed by atoms with Crippen molar-refractivity contribution in [2.75, 3.05) is 57.0 Å². The number of anilines is 1. The second-order valence-corrected chi connectivity index (χ2v) is 15.9. The minimum atomic E-state index is -4.92. The van der Waals surface area contributed by atoms with Crippen LogP contribution in [0.4, 0.5) is 28.9 Å². The maximum absolute atomic E-state index is 15.2. The molecule has 0 bridgehead atoms. The van der Waals surface area contributed by atoms with Gasteiger partial charge in [0.15, 0.2) is 0 Å². The molecule has 3 aromatic carbocycles. The van der Waals surface area contributed by atoms with Crippen molar-refractivity contribution < 1.29 is 36.4 Å². The molecule has 1 aliphatic heterocycles. The number of nitrogens with one attached hydrogen (secondary N) is 1. The van der Waals surface area contributed by atoms with E-state index in [2.05, 4.69) is 10.2 Å². The average molecular weight is 807 g/mol. The summed E-state index contributed by atoms with van der Waals surface area (Å²) in [5.74, 6) is -1.15. The molecular weight excluding hydrogens is 759 g/mol. The zero-order chi connectivity index (χ0) is 40.6. The summed E-state index contributed by atoms with van der Waals surface area (Å²) in [5.41, 5.74) is -2.01. The molecule has 1 saturated heterocycles. The van der Waals surface area contributed by atoms with Crippen LogP contribution in [0.2, 0.25) is 0 Å². The Morgan fingerprint density at radius 1 is 0.929 bits per heavy atom. The quantitative estimate of drug-likeness (QED) is 0.0595. The van der Waals surface area contributed by atoms with Crippen LogP contribution in [0, 0.1) is 22.9 Å². The number of alkyl halides is 3. The SMILES string of the molecule is CCO[PH](O)(CCN[C@@H](Cn1c(=O)c(N2CCN(Cc3cccc([N+](=O)[O-])c3)CC2)c(C)n(Cc2c(F)cccc2C(F)(F)F)c1=O)c1ccccc1)OCC. The Balaban J connectivity index is 1.54. The van der Waals surface area contributed by atoms with E-state index in [0.717, 1.165) is 32.9 Å². The number of benzene rings is 3. The third kappa shape index (κ3) is 10.3. The van der Waals surface area contributed by atoms with Crippen molar-refractivity contribution in [3.05, 3.63) is 138 Å². The predicted molar refractivity (Wildman–Crippen MR) is 207 cm³/mol. The summed E-state index contributed by atoms with van der Waals surface area (Å²) >= 11 is 0. The predicted octanol–water partition coefficient (Wildman–Crippen LogP) is 5.65. The van der Waals surface area contributed by atoms with Crippen LogP contribution < -0.4 is 21.5 Å². The Morgan fingerprint density at radius 2 is 1.59 bits per heavy atom. The van der Waals surface area contributed by atoms with Crippen LogP contribution in [0.3, 0.4) is 0 Å². The molecule has 0 saturated carbocycles. The van der Waals surface area contributed by atoms with Crippen molar-refractivity contribution in [3.63, 3.8) is 0 Å². The van der Waals surface area contributed by atoms with E-state index in [0.29, 0.717) is 25.2 Å². The molecule has 4 aromatic rings. The summed E-state index contributed by atoms with van der Waals surface area (Å²) in [4.78, 5) is 54.6. The van der Waals surface area contributed by atoms with E-state index in [4.69, 9.17) is 9.05 Å². The fourth-order valence-corrected chi connectivity index (χ4v) is 8.73.